The molecule has 0 fully saturated rings. The highest BCUT2D eigenvalue weighted by Crippen LogP contribution is 2.52. The van der Waals surface area contributed by atoms with Crippen molar-refractivity contribution in [2.24, 2.45) is 0 Å². The first-order valence-corrected chi connectivity index (χ1v) is 31.4. The highest BCUT2D eigenvalue weighted by molar-refractivity contribution is 8.71. The molecule has 0 aliphatic carbocycles. The molecule has 0 radical (unpaired) electrons. The molecule has 4 aromatic rings. The van der Waals surface area contributed by atoms with E-state index in [4.69, 9.17) is 18.9 Å². The number of amides is 1. The Morgan fingerprint density at radius 2 is 1.36 bits per heavy atom. The van der Waals surface area contributed by atoms with Crippen LogP contribution in [-0.4, -0.2) is 123 Å². The van der Waals surface area contributed by atoms with E-state index in [1.165, 1.54) is 17.7 Å². The van der Waals surface area contributed by atoms with E-state index in [1.54, 1.807) is 26.4 Å². The van der Waals surface area contributed by atoms with Gasteiger partial charge in [-0.25, -0.2) is 16.8 Å². The molecule has 0 saturated heterocycles. The van der Waals surface area contributed by atoms with Crippen molar-refractivity contribution in [3.8, 4) is 22.3 Å². The molecule has 0 bridgehead atoms. The molecule has 2 heterocycles. The summed E-state index contributed by atoms with van der Waals surface area (Å²) in [6, 6.07) is 26.5. The Balaban J connectivity index is 1.27. The summed E-state index contributed by atoms with van der Waals surface area (Å²) in [7, 11) is -3.68. The summed E-state index contributed by atoms with van der Waals surface area (Å²) in [6.07, 6.45) is 19.8. The van der Waals surface area contributed by atoms with Crippen molar-refractivity contribution in [2.45, 2.75) is 79.9 Å². The third kappa shape index (κ3) is 17.5. The van der Waals surface area contributed by atoms with Gasteiger partial charge < -0.3 is 39.0 Å². The second-order valence-corrected chi connectivity index (χ2v) is 26.2. The smallest absolute Gasteiger partial charge is 0.220 e. The lowest BCUT2D eigenvalue weighted by Gasteiger charge is -2.30. The van der Waals surface area contributed by atoms with Crippen LogP contribution in [-0.2, 0) is 62.9 Å². The predicted octanol–water partition coefficient (Wildman–Crippen LogP) is 9.34. The van der Waals surface area contributed by atoms with Crippen LogP contribution in [0.1, 0.15) is 70.4 Å². The number of allylic oxidation sites excluding steroid dienone is 8. The molecular formula is C58H72N3O13S4-. The first kappa shape index (κ1) is 62.3. The molecule has 4 aromatic carbocycles. The summed E-state index contributed by atoms with van der Waals surface area (Å²) in [5.74, 6) is 0.178. The molecular weight excluding hydrogens is 1070 g/mol. The Bertz CT molecular complexity index is 3010. The maximum absolute atomic E-state index is 12.7. The summed E-state index contributed by atoms with van der Waals surface area (Å²) >= 11 is 0.854. The molecule has 1 N–H and O–H groups in total. The van der Waals surface area contributed by atoms with Gasteiger partial charge in [0.2, 0.25) is 11.6 Å². The number of hydrogen-bond acceptors (Lipinski definition) is 16. The minimum atomic E-state index is -4.61. The first-order valence-electron chi connectivity index (χ1n) is 25.9. The van der Waals surface area contributed by atoms with Gasteiger partial charge in [-0.3, -0.25) is 9.83 Å². The van der Waals surface area contributed by atoms with E-state index in [2.05, 4.69) is 99.6 Å². The van der Waals surface area contributed by atoms with Crippen LogP contribution in [0.2, 0.25) is 0 Å². The van der Waals surface area contributed by atoms with Crippen LogP contribution in [0.25, 0.3) is 22.3 Å². The molecule has 6 rings (SSSR count). The number of rotatable bonds is 33. The molecule has 0 spiro atoms. The van der Waals surface area contributed by atoms with Gasteiger partial charge in [0.05, 0.1) is 48.8 Å². The molecule has 1 unspecified atom stereocenters. The predicted molar refractivity (Wildman–Crippen MR) is 306 cm³/mol. The van der Waals surface area contributed by atoms with E-state index in [1.807, 2.05) is 48.6 Å². The third-order valence-electron chi connectivity index (χ3n) is 13.7. The SMILES string of the molecule is COCCOCCCN1/C(=C/C=C/C=C/C=C/C2=[N+](CCOCCOC)c3ccc(-c4ccc(SOO[O-])cc4)cc3C2(C)C)C(C)(CCCCCC(=O)NCCSS(C)(=O)=O)c2cc(-c3ccc(S(=O)(=O)[O-])cc3)ccc21. The Morgan fingerprint density at radius 1 is 0.731 bits per heavy atom. The molecule has 2 aliphatic rings. The average molecular weight is 1150 g/mol. The third-order valence-corrected chi connectivity index (χ3v) is 17.7. The number of carbonyl (C=O) groups is 1. The van der Waals surface area contributed by atoms with Crippen LogP contribution in [0.15, 0.2) is 143 Å². The normalized spacial score (nSPS) is 16.9. The van der Waals surface area contributed by atoms with Gasteiger partial charge in [-0.15, -0.1) is 0 Å². The Hall–Kier alpha value is -4.94. The molecule has 0 saturated carbocycles. The van der Waals surface area contributed by atoms with Crippen LogP contribution >= 0.6 is 22.8 Å². The summed E-state index contributed by atoms with van der Waals surface area (Å²) in [4.78, 5) is 15.5. The minimum Gasteiger partial charge on any atom is -0.744 e. The van der Waals surface area contributed by atoms with E-state index in [0.29, 0.717) is 65.6 Å². The topological polar surface area (TPSA) is 205 Å². The van der Waals surface area contributed by atoms with Gasteiger partial charge in [-0.1, -0.05) is 73.6 Å². The number of ether oxygens (including phenoxy) is 4. The van der Waals surface area contributed by atoms with Crippen molar-refractivity contribution >= 4 is 64.8 Å². The number of unbranched alkanes of at least 4 members (excludes halogenated alkanes) is 2. The Labute approximate surface area is 468 Å². The maximum Gasteiger partial charge on any atom is 0.220 e. The second kappa shape index (κ2) is 30.0. The Morgan fingerprint density at radius 3 is 2.03 bits per heavy atom. The number of nitrogens with zero attached hydrogens (tertiary/aromatic N) is 2. The van der Waals surface area contributed by atoms with Crippen molar-refractivity contribution in [1.29, 1.82) is 0 Å². The van der Waals surface area contributed by atoms with Gasteiger partial charge in [0.15, 0.2) is 21.1 Å². The summed E-state index contributed by atoms with van der Waals surface area (Å²) in [6.45, 7) is 11.4. The summed E-state index contributed by atoms with van der Waals surface area (Å²) in [5, 5.41) is 16.7. The standard InChI is InChI=1S/C58H73N3O13S4/c1-57(2)50-42-46(44-19-25-48(26-20-44)76-74-73-63)23-29-52(50)61(34-36-72-40-38-70-5)54(57)16-11-8-7-9-12-17-55-58(3,31-14-10-13-18-56(62)59-32-41-75-77(6,64)65)51-43-47(45-21-27-49(28-22-45)78(66,67)68)24-30-53(51)60(55)33-15-35-71-39-37-69-4/h7-9,11-12,16-17,19-30,42-43H,10,13-15,18,31-41H2,1-6H3,(H2-,59,62,63,66,67,68)/p-1. The average Bonchev–Trinajstić information content (AvgIpc) is 3.97. The fraction of sp³-hybridized carbons (Fsp3) is 0.414. The van der Waals surface area contributed by atoms with Gasteiger partial charge in [-0.05, 0) is 133 Å². The van der Waals surface area contributed by atoms with Crippen LogP contribution in [0.5, 0.6) is 0 Å². The molecule has 20 heteroatoms. The van der Waals surface area contributed by atoms with E-state index < -0.39 is 24.4 Å². The lowest BCUT2D eigenvalue weighted by molar-refractivity contribution is -0.777. The second-order valence-electron chi connectivity index (χ2n) is 19.5. The molecule has 1 atom stereocenters. The number of nitrogens with one attached hydrogen (secondary N) is 1. The van der Waals surface area contributed by atoms with Crippen molar-refractivity contribution in [2.75, 3.05) is 90.4 Å². The van der Waals surface area contributed by atoms with Gasteiger partial charge in [0, 0.05) is 91.7 Å². The zero-order valence-electron chi connectivity index (χ0n) is 45.3. The zero-order chi connectivity index (χ0) is 56.2. The van der Waals surface area contributed by atoms with E-state index >= 15 is 0 Å². The van der Waals surface area contributed by atoms with Gasteiger partial charge in [0.25, 0.3) is 0 Å². The lowest BCUT2D eigenvalue weighted by Crippen LogP contribution is -2.30. The highest BCUT2D eigenvalue weighted by atomic mass is 33.1. The van der Waals surface area contributed by atoms with Crippen molar-refractivity contribution in [3.63, 3.8) is 0 Å². The van der Waals surface area contributed by atoms with Crippen LogP contribution < -0.4 is 15.5 Å². The van der Waals surface area contributed by atoms with Crippen LogP contribution in [0.4, 0.5) is 11.4 Å². The number of benzene rings is 4. The minimum absolute atomic E-state index is 0.111. The molecule has 78 heavy (non-hydrogen) atoms. The highest BCUT2D eigenvalue weighted by Gasteiger charge is 2.45. The first-order chi connectivity index (χ1) is 37.4. The number of hydrogen-bond donors (Lipinski definition) is 1. The van der Waals surface area contributed by atoms with Crippen molar-refractivity contribution in [1.82, 2.24) is 5.32 Å². The quantitative estimate of drug-likeness (QED) is 0.00689. The molecule has 422 valence electrons. The van der Waals surface area contributed by atoms with Gasteiger partial charge in [0.1, 0.15) is 16.7 Å². The monoisotopic (exact) mass is 1150 g/mol. The summed E-state index contributed by atoms with van der Waals surface area (Å²) in [5.41, 5.74) is 9.56. The van der Waals surface area contributed by atoms with Gasteiger partial charge >= 0.3 is 0 Å². The van der Waals surface area contributed by atoms with Gasteiger partial charge in [-0.2, -0.15) is 8.91 Å². The van der Waals surface area contributed by atoms with Crippen molar-refractivity contribution < 1.29 is 64.3 Å². The molecule has 1 amide bonds. The fourth-order valence-corrected chi connectivity index (χ4v) is 12.2. The summed E-state index contributed by atoms with van der Waals surface area (Å²) < 4.78 is 87.4. The fourth-order valence-electron chi connectivity index (χ4n) is 9.77. The van der Waals surface area contributed by atoms with E-state index in [0.717, 1.165) is 110 Å². The number of anilines is 1. The largest absolute Gasteiger partial charge is 0.744 e. The molecule has 2 aliphatic heterocycles. The van der Waals surface area contributed by atoms with Crippen molar-refractivity contribution in [3.05, 3.63) is 144 Å². The molecule has 0 aromatic heterocycles. The number of fused-ring (bicyclic) bond motifs is 2. The van der Waals surface area contributed by atoms with E-state index in [9.17, 15) is 31.4 Å². The van der Waals surface area contributed by atoms with E-state index in [-0.39, 0.29) is 28.5 Å². The van der Waals surface area contributed by atoms with Crippen LogP contribution in [0, 0.1) is 0 Å². The Kier molecular flexibility index (Phi) is 24.0. The maximum atomic E-state index is 12.7. The van der Waals surface area contributed by atoms with Crippen LogP contribution in [0.3, 0.4) is 0 Å². The number of carbonyl (C=O) groups excluding carboxylic acids is 1. The zero-order valence-corrected chi connectivity index (χ0v) is 48.5. The number of methoxy groups -OCH3 is 2. The molecule has 16 nitrogen and oxygen atoms in total. The lowest BCUT2D eigenvalue weighted by atomic mass is 9.76.